The Bertz CT molecular complexity index is 1280. The molecule has 3 rings (SSSR count). The molecular weight excluding hydrogens is 561 g/mol. The van der Waals surface area contributed by atoms with Crippen molar-refractivity contribution in [1.82, 2.24) is 15.5 Å². The maximum atomic E-state index is 13.9. The molecule has 2 aromatic rings. The standard InChI is InChI=1S/C28H33F3N4O7/c29-19-12-21(31)20(30)9-16(19)8-17(32)10-25(37)33-18-11-24(28(41)42)35(13-18)26(38)23(14-36)34-22(27(39)40)7-6-15-4-2-1-3-5-15/h1-5,9,12,17-18,22-24,34,36H,6-8,10-11,13-14,32H2,(H,33,37)(H,39,40)(H,41,42)/t17-,18+,22+,23+,24+/m1/s1. The number of nitrogens with two attached hydrogens (primary N) is 1. The van der Waals surface area contributed by atoms with Gasteiger partial charge in [0.2, 0.25) is 11.8 Å². The SMILES string of the molecule is N[C@@H](CC(=O)N[C@H]1C[C@@H](C(=O)O)N(C(=O)[C@H](CO)N[C@@H](CCc2ccccc2)C(=O)O)C1)Cc1cc(F)c(F)cc1F. The van der Waals surface area contributed by atoms with Crippen molar-refractivity contribution in [2.75, 3.05) is 13.2 Å². The number of carboxylic acids is 2. The minimum absolute atomic E-state index is 0.0961. The number of amides is 2. The molecule has 228 valence electrons. The number of aryl methyl sites for hydroxylation is 1. The number of benzene rings is 2. The lowest BCUT2D eigenvalue weighted by Crippen LogP contribution is -2.56. The zero-order valence-electron chi connectivity index (χ0n) is 22.5. The second kappa shape index (κ2) is 14.8. The van der Waals surface area contributed by atoms with Crippen LogP contribution in [-0.2, 0) is 32.0 Å². The van der Waals surface area contributed by atoms with Crippen molar-refractivity contribution in [2.24, 2.45) is 5.73 Å². The van der Waals surface area contributed by atoms with Crippen molar-refractivity contribution in [3.8, 4) is 0 Å². The third-order valence-electron chi connectivity index (χ3n) is 7.00. The normalized spacial score (nSPS) is 18.7. The summed E-state index contributed by atoms with van der Waals surface area (Å²) in [5.74, 6) is -7.74. The molecule has 0 bridgehead atoms. The van der Waals surface area contributed by atoms with Gasteiger partial charge in [0.25, 0.3) is 0 Å². The quantitative estimate of drug-likeness (QED) is 0.170. The van der Waals surface area contributed by atoms with Gasteiger partial charge in [-0.3, -0.25) is 19.7 Å². The van der Waals surface area contributed by atoms with Gasteiger partial charge in [-0.25, -0.2) is 18.0 Å². The number of nitrogens with one attached hydrogen (secondary N) is 2. The van der Waals surface area contributed by atoms with Crippen LogP contribution in [0.5, 0.6) is 0 Å². The van der Waals surface area contributed by atoms with E-state index < -0.39 is 78.0 Å². The molecule has 1 saturated heterocycles. The van der Waals surface area contributed by atoms with Crippen molar-refractivity contribution in [2.45, 2.75) is 62.3 Å². The molecular formula is C28H33F3N4O7. The molecule has 0 unspecified atom stereocenters. The highest BCUT2D eigenvalue weighted by Crippen LogP contribution is 2.21. The zero-order valence-corrected chi connectivity index (χ0v) is 22.5. The monoisotopic (exact) mass is 594 g/mol. The molecule has 1 fully saturated rings. The Morgan fingerprint density at radius 2 is 1.67 bits per heavy atom. The molecule has 0 aromatic heterocycles. The van der Waals surface area contributed by atoms with Gasteiger partial charge < -0.3 is 31.3 Å². The summed E-state index contributed by atoms with van der Waals surface area (Å²) >= 11 is 0. The molecule has 11 nitrogen and oxygen atoms in total. The van der Waals surface area contributed by atoms with Gasteiger partial charge in [0.05, 0.1) is 6.61 Å². The predicted molar refractivity (Wildman–Crippen MR) is 142 cm³/mol. The summed E-state index contributed by atoms with van der Waals surface area (Å²) in [7, 11) is 0. The third kappa shape index (κ3) is 8.74. The van der Waals surface area contributed by atoms with Crippen LogP contribution < -0.4 is 16.4 Å². The van der Waals surface area contributed by atoms with Crippen molar-refractivity contribution >= 4 is 23.8 Å². The number of hydrogen-bond donors (Lipinski definition) is 6. The summed E-state index contributed by atoms with van der Waals surface area (Å²) < 4.78 is 40.5. The zero-order chi connectivity index (χ0) is 31.0. The van der Waals surface area contributed by atoms with Crippen LogP contribution in [0, 0.1) is 17.5 Å². The number of halogens is 3. The molecule has 0 radical (unpaired) electrons. The van der Waals surface area contributed by atoms with Gasteiger partial charge >= 0.3 is 11.9 Å². The first-order valence-electron chi connectivity index (χ1n) is 13.2. The van der Waals surface area contributed by atoms with E-state index in [1.54, 1.807) is 12.1 Å². The number of nitrogens with zero attached hydrogens (tertiary/aromatic N) is 1. The van der Waals surface area contributed by atoms with Crippen molar-refractivity contribution < 1.29 is 47.7 Å². The summed E-state index contributed by atoms with van der Waals surface area (Å²) in [4.78, 5) is 50.5. The Hall–Kier alpha value is -4.01. The van der Waals surface area contributed by atoms with Crippen LogP contribution in [0.3, 0.4) is 0 Å². The van der Waals surface area contributed by atoms with Gasteiger partial charge in [-0.1, -0.05) is 30.3 Å². The molecule has 2 amide bonds. The molecule has 0 aliphatic carbocycles. The van der Waals surface area contributed by atoms with E-state index in [1.807, 2.05) is 18.2 Å². The summed E-state index contributed by atoms with van der Waals surface area (Å²) in [6.45, 7) is -1.04. The molecule has 42 heavy (non-hydrogen) atoms. The van der Waals surface area contributed by atoms with E-state index in [0.29, 0.717) is 18.6 Å². The highest BCUT2D eigenvalue weighted by Gasteiger charge is 2.43. The van der Waals surface area contributed by atoms with E-state index in [2.05, 4.69) is 10.6 Å². The molecule has 1 aliphatic rings. The highest BCUT2D eigenvalue weighted by atomic mass is 19.2. The summed E-state index contributed by atoms with van der Waals surface area (Å²) in [5.41, 5.74) is 6.55. The fourth-order valence-electron chi connectivity index (χ4n) is 4.90. The average Bonchev–Trinajstić information content (AvgIpc) is 3.35. The second-order valence-corrected chi connectivity index (χ2v) is 10.2. The molecule has 1 heterocycles. The van der Waals surface area contributed by atoms with Gasteiger partial charge in [-0.05, 0) is 36.5 Å². The minimum Gasteiger partial charge on any atom is -0.480 e. The first-order valence-corrected chi connectivity index (χ1v) is 13.2. The number of carboxylic acid groups (broad SMARTS) is 2. The number of aliphatic hydroxyl groups is 1. The number of aliphatic carboxylic acids is 2. The molecule has 14 heteroatoms. The first-order chi connectivity index (χ1) is 19.9. The maximum Gasteiger partial charge on any atom is 0.326 e. The van der Waals surface area contributed by atoms with E-state index in [0.717, 1.165) is 10.5 Å². The largest absolute Gasteiger partial charge is 0.480 e. The Kier molecular flexibility index (Phi) is 11.4. The van der Waals surface area contributed by atoms with Crippen molar-refractivity contribution in [3.63, 3.8) is 0 Å². The van der Waals surface area contributed by atoms with Gasteiger partial charge in [-0.15, -0.1) is 0 Å². The van der Waals surface area contributed by atoms with Crippen LogP contribution in [0.25, 0.3) is 0 Å². The van der Waals surface area contributed by atoms with E-state index >= 15 is 0 Å². The summed E-state index contributed by atoms with van der Waals surface area (Å²) in [6, 6.07) is 4.28. The second-order valence-electron chi connectivity index (χ2n) is 10.2. The molecule has 1 aliphatic heterocycles. The van der Waals surface area contributed by atoms with Gasteiger partial charge in [0, 0.05) is 37.5 Å². The highest BCUT2D eigenvalue weighted by molar-refractivity contribution is 5.89. The fourth-order valence-corrected chi connectivity index (χ4v) is 4.90. The van der Waals surface area contributed by atoms with Crippen LogP contribution in [0.15, 0.2) is 42.5 Å². The van der Waals surface area contributed by atoms with Crippen LogP contribution >= 0.6 is 0 Å². The lowest BCUT2D eigenvalue weighted by Gasteiger charge is -2.28. The first kappa shape index (κ1) is 32.5. The number of carbonyl (C=O) groups excluding carboxylic acids is 2. The molecule has 5 atom stereocenters. The Balaban J connectivity index is 1.60. The van der Waals surface area contributed by atoms with Gasteiger partial charge in [0.1, 0.15) is 23.9 Å². The van der Waals surface area contributed by atoms with E-state index in [4.69, 9.17) is 5.73 Å². The third-order valence-corrected chi connectivity index (χ3v) is 7.00. The lowest BCUT2D eigenvalue weighted by atomic mass is 10.0. The van der Waals surface area contributed by atoms with Crippen LogP contribution in [-0.4, -0.2) is 87.3 Å². The fraction of sp³-hybridized carbons (Fsp3) is 0.429. The summed E-state index contributed by atoms with van der Waals surface area (Å²) in [5, 5.41) is 34.4. The van der Waals surface area contributed by atoms with Crippen LogP contribution in [0.2, 0.25) is 0 Å². The Morgan fingerprint density at radius 1 is 1.00 bits per heavy atom. The number of carbonyl (C=O) groups is 4. The maximum absolute atomic E-state index is 13.9. The smallest absolute Gasteiger partial charge is 0.326 e. The number of likely N-dealkylation sites (tertiary alicyclic amines) is 1. The number of aliphatic hydroxyl groups excluding tert-OH is 1. The number of rotatable bonds is 14. The van der Waals surface area contributed by atoms with Crippen molar-refractivity contribution in [1.29, 1.82) is 0 Å². The van der Waals surface area contributed by atoms with E-state index in [1.165, 1.54) is 0 Å². The van der Waals surface area contributed by atoms with E-state index in [-0.39, 0.29) is 37.8 Å². The topological polar surface area (TPSA) is 182 Å². The van der Waals surface area contributed by atoms with Gasteiger partial charge in [-0.2, -0.15) is 0 Å². The van der Waals surface area contributed by atoms with Crippen LogP contribution in [0.4, 0.5) is 13.2 Å². The average molecular weight is 595 g/mol. The van der Waals surface area contributed by atoms with Crippen LogP contribution in [0.1, 0.15) is 30.4 Å². The van der Waals surface area contributed by atoms with Gasteiger partial charge in [0.15, 0.2) is 11.6 Å². The van der Waals surface area contributed by atoms with E-state index in [9.17, 15) is 47.7 Å². The summed E-state index contributed by atoms with van der Waals surface area (Å²) in [6.07, 6.45) is -0.337. The molecule has 0 spiro atoms. The molecule has 7 N–H and O–H groups in total. The Morgan fingerprint density at radius 3 is 2.29 bits per heavy atom. The molecule has 0 saturated carbocycles. The Labute approximate surface area is 239 Å². The van der Waals surface area contributed by atoms with Crippen molar-refractivity contribution in [3.05, 3.63) is 71.0 Å². The lowest BCUT2D eigenvalue weighted by molar-refractivity contribution is -0.150. The predicted octanol–water partition coefficient (Wildman–Crippen LogP) is 0.571. The number of hydrogen-bond acceptors (Lipinski definition) is 7. The minimum atomic E-state index is -1.42. The molecule has 2 aromatic carbocycles.